The van der Waals surface area contributed by atoms with Crippen molar-refractivity contribution in [2.75, 3.05) is 0 Å². The quantitative estimate of drug-likeness (QED) is 0.608. The molecule has 0 saturated carbocycles. The van der Waals surface area contributed by atoms with Crippen LogP contribution in [0.2, 0.25) is 0 Å². The molecule has 0 N–H and O–H groups in total. The summed E-state index contributed by atoms with van der Waals surface area (Å²) < 4.78 is 38.7. The van der Waals surface area contributed by atoms with Crippen LogP contribution < -0.4 is 4.46 Å². The first-order valence-electron chi connectivity index (χ1n) is 6.08. The van der Waals surface area contributed by atoms with Crippen LogP contribution in [0.4, 0.5) is 13.2 Å². The van der Waals surface area contributed by atoms with Crippen LogP contribution in [0.3, 0.4) is 0 Å². The Hall–Kier alpha value is -1.84. The summed E-state index contributed by atoms with van der Waals surface area (Å²) in [4.78, 5) is 11.6. The molecule has 21 heavy (non-hydrogen) atoms. The average molecular weight is 355 g/mol. The molecule has 0 heterocycles. The van der Waals surface area contributed by atoms with Gasteiger partial charge in [-0.2, -0.15) is 0 Å². The molecular weight excluding hydrogens is 344 g/mol. The van der Waals surface area contributed by atoms with Crippen molar-refractivity contribution < 1.29 is 18.0 Å². The molecule has 0 amide bonds. The average Bonchev–Trinajstić information content (AvgIpc) is 2.47. The summed E-state index contributed by atoms with van der Waals surface area (Å²) >= 11 is -0.691. The van der Waals surface area contributed by atoms with Gasteiger partial charge in [-0.3, -0.25) is 0 Å². The molecule has 1 nitrogen and oxygen atoms in total. The van der Waals surface area contributed by atoms with Gasteiger partial charge in [0.2, 0.25) is 0 Å². The molecule has 2 rings (SSSR count). The van der Waals surface area contributed by atoms with Crippen LogP contribution in [0.15, 0.2) is 65.1 Å². The van der Waals surface area contributed by atoms with Crippen molar-refractivity contribution in [3.8, 4) is 0 Å². The monoisotopic (exact) mass is 356 g/mol. The number of rotatable bonds is 4. The minimum absolute atomic E-state index is 0.201. The Labute approximate surface area is 126 Å². The van der Waals surface area contributed by atoms with E-state index in [0.717, 1.165) is 4.46 Å². The zero-order valence-corrected chi connectivity index (χ0v) is 12.5. The number of carbonyl (C=O) groups excluding carboxylic acids is 1. The normalized spacial score (nSPS) is 12.2. The van der Waals surface area contributed by atoms with Crippen LogP contribution >= 0.6 is 0 Å². The zero-order chi connectivity index (χ0) is 15.3. The summed E-state index contributed by atoms with van der Waals surface area (Å²) in [6.07, 6.45) is -3.53. The van der Waals surface area contributed by atoms with Crippen molar-refractivity contribution >= 4 is 31.3 Å². The fourth-order valence-electron chi connectivity index (χ4n) is 1.60. The molecule has 0 aromatic heterocycles. The maximum absolute atomic E-state index is 12.7. The van der Waals surface area contributed by atoms with Gasteiger partial charge >= 0.3 is 126 Å². The van der Waals surface area contributed by atoms with Crippen LogP contribution in [0, 0.1) is 0 Å². The third-order valence-corrected chi connectivity index (χ3v) is 4.71. The van der Waals surface area contributed by atoms with E-state index >= 15 is 0 Å². The third-order valence-electron chi connectivity index (χ3n) is 2.55. The van der Waals surface area contributed by atoms with E-state index in [0.29, 0.717) is 5.56 Å². The van der Waals surface area contributed by atoms with Gasteiger partial charge in [0.15, 0.2) is 0 Å². The Kier molecular flexibility index (Phi) is 4.99. The molecular formula is C16H11F3OSe. The second kappa shape index (κ2) is 6.74. The van der Waals surface area contributed by atoms with E-state index < -0.39 is 26.9 Å². The number of benzene rings is 2. The fourth-order valence-corrected chi connectivity index (χ4v) is 3.59. The van der Waals surface area contributed by atoms with Gasteiger partial charge in [-0.25, -0.2) is 0 Å². The third kappa shape index (κ3) is 4.59. The van der Waals surface area contributed by atoms with E-state index in [9.17, 15) is 18.0 Å². The fraction of sp³-hybridized carbons (Fsp3) is 0.0625. The van der Waals surface area contributed by atoms with Gasteiger partial charge in [-0.05, 0) is 0 Å². The second-order valence-electron chi connectivity index (χ2n) is 4.16. The predicted octanol–water partition coefficient (Wildman–Crippen LogP) is 3.19. The zero-order valence-electron chi connectivity index (χ0n) is 10.8. The molecule has 108 valence electrons. The Bertz CT molecular complexity index is 634. The van der Waals surface area contributed by atoms with Crippen LogP contribution in [0.25, 0.3) is 6.08 Å². The maximum atomic E-state index is 12.7. The number of halogens is 3. The first kappa shape index (κ1) is 15.5. The second-order valence-corrected chi connectivity index (χ2v) is 6.50. The molecule has 0 spiro atoms. The van der Waals surface area contributed by atoms with E-state index in [4.69, 9.17) is 0 Å². The van der Waals surface area contributed by atoms with Crippen LogP contribution in [0.1, 0.15) is 5.56 Å². The van der Waals surface area contributed by atoms with Crippen molar-refractivity contribution in [2.45, 2.75) is 6.18 Å². The first-order valence-corrected chi connectivity index (χ1v) is 7.79. The van der Waals surface area contributed by atoms with Gasteiger partial charge in [0, 0.05) is 0 Å². The predicted molar refractivity (Wildman–Crippen MR) is 77.3 cm³/mol. The summed E-state index contributed by atoms with van der Waals surface area (Å²) in [6, 6.07) is 17.3. The Morgan fingerprint density at radius 3 is 1.95 bits per heavy atom. The molecule has 2 aromatic rings. The molecule has 0 unspecified atom stereocenters. The van der Waals surface area contributed by atoms with Crippen molar-refractivity contribution in [1.29, 1.82) is 0 Å². The van der Waals surface area contributed by atoms with Crippen LogP contribution in [-0.4, -0.2) is 26.9 Å². The van der Waals surface area contributed by atoms with Crippen LogP contribution in [-0.2, 0) is 4.79 Å². The standard InChI is InChI=1S/C16H11F3OSe/c17-16(18,19)15(20)14(11-12-7-3-1-4-8-12)21-13-9-5-2-6-10-13/h1-11H/b14-11-. The van der Waals surface area contributed by atoms with Gasteiger partial charge < -0.3 is 0 Å². The summed E-state index contributed by atoms with van der Waals surface area (Å²) in [5.74, 6) is -1.77. The number of ketones is 1. The number of allylic oxidation sites excluding steroid dienone is 1. The number of alkyl halides is 3. The van der Waals surface area contributed by atoms with E-state index in [1.807, 2.05) is 0 Å². The van der Waals surface area contributed by atoms with Crippen molar-refractivity contribution in [3.63, 3.8) is 0 Å². The Morgan fingerprint density at radius 2 is 1.43 bits per heavy atom. The number of Topliss-reactive ketones (excluding diaryl/α,β-unsaturated/α-hetero) is 1. The van der Waals surface area contributed by atoms with Crippen molar-refractivity contribution in [3.05, 3.63) is 70.7 Å². The van der Waals surface area contributed by atoms with Gasteiger partial charge in [0.1, 0.15) is 0 Å². The topological polar surface area (TPSA) is 17.1 Å². The molecule has 0 fully saturated rings. The van der Waals surface area contributed by atoms with Gasteiger partial charge in [-0.1, -0.05) is 0 Å². The molecule has 0 aliphatic carbocycles. The molecule has 0 aliphatic rings. The van der Waals surface area contributed by atoms with E-state index in [-0.39, 0.29) is 4.47 Å². The van der Waals surface area contributed by atoms with Crippen molar-refractivity contribution in [1.82, 2.24) is 0 Å². The van der Waals surface area contributed by atoms with Gasteiger partial charge in [0.25, 0.3) is 0 Å². The summed E-state index contributed by atoms with van der Waals surface area (Å²) in [5, 5.41) is 0. The number of hydrogen-bond acceptors (Lipinski definition) is 1. The molecule has 0 radical (unpaired) electrons. The molecule has 5 heteroatoms. The van der Waals surface area contributed by atoms with Gasteiger partial charge in [0.05, 0.1) is 0 Å². The molecule has 0 aliphatic heterocycles. The van der Waals surface area contributed by atoms with Gasteiger partial charge in [-0.15, -0.1) is 0 Å². The molecule has 0 saturated heterocycles. The Morgan fingerprint density at radius 1 is 0.905 bits per heavy atom. The van der Waals surface area contributed by atoms with E-state index in [2.05, 4.69) is 0 Å². The number of hydrogen-bond donors (Lipinski definition) is 0. The molecule has 2 aromatic carbocycles. The van der Waals surface area contributed by atoms with E-state index in [1.54, 1.807) is 60.7 Å². The summed E-state index contributed by atoms with van der Waals surface area (Å²) in [5.41, 5.74) is 0.586. The first-order chi connectivity index (χ1) is 9.97. The SMILES string of the molecule is O=C(/C(=C/c1ccccc1)[Se]c1ccccc1)C(F)(F)F. The molecule has 0 atom stereocenters. The van der Waals surface area contributed by atoms with Crippen LogP contribution in [0.5, 0.6) is 0 Å². The molecule has 0 bridgehead atoms. The summed E-state index contributed by atoms with van der Waals surface area (Å²) in [6.45, 7) is 0. The Balaban J connectivity index is 2.35. The summed E-state index contributed by atoms with van der Waals surface area (Å²) in [7, 11) is 0. The van der Waals surface area contributed by atoms with E-state index in [1.165, 1.54) is 6.08 Å². The number of carbonyl (C=O) groups is 1. The van der Waals surface area contributed by atoms with Crippen molar-refractivity contribution in [2.24, 2.45) is 0 Å². The minimum atomic E-state index is -4.85.